The maximum atomic E-state index is 13.2. The third-order valence-electron chi connectivity index (χ3n) is 5.29. The molecule has 0 bridgehead atoms. The molecule has 1 heterocycles. The zero-order chi connectivity index (χ0) is 21.0. The van der Waals surface area contributed by atoms with Gasteiger partial charge in [-0.05, 0) is 49.6 Å². The van der Waals surface area contributed by atoms with E-state index in [0.717, 1.165) is 5.56 Å². The first-order chi connectivity index (χ1) is 13.9. The molecule has 0 radical (unpaired) electrons. The Morgan fingerprint density at radius 2 is 1.76 bits per heavy atom. The highest BCUT2D eigenvalue weighted by Gasteiger charge is 2.31. The zero-order valence-corrected chi connectivity index (χ0v) is 17.5. The van der Waals surface area contributed by atoms with Gasteiger partial charge in [-0.25, -0.2) is 8.42 Å². The molecule has 1 atom stereocenters. The highest BCUT2D eigenvalue weighted by Crippen LogP contribution is 2.29. The van der Waals surface area contributed by atoms with Gasteiger partial charge in [-0.1, -0.05) is 30.3 Å². The molecule has 2 aromatic rings. The normalized spacial score (nSPS) is 14.6. The number of nitrogens with one attached hydrogen (secondary N) is 1. The summed E-state index contributed by atoms with van der Waals surface area (Å²) in [6.07, 6.45) is 0.842. The van der Waals surface area contributed by atoms with Gasteiger partial charge in [0.05, 0.1) is 16.6 Å². The van der Waals surface area contributed by atoms with Crippen molar-refractivity contribution in [1.29, 1.82) is 0 Å². The minimum absolute atomic E-state index is 0.0675. The van der Waals surface area contributed by atoms with Crippen molar-refractivity contribution < 1.29 is 18.0 Å². The molecule has 0 aromatic heterocycles. The monoisotopic (exact) mass is 414 g/mol. The Bertz CT molecular complexity index is 999. The molecule has 1 aliphatic heterocycles. The van der Waals surface area contributed by atoms with Crippen LogP contribution in [0, 0.1) is 0 Å². The lowest BCUT2D eigenvalue weighted by Gasteiger charge is -2.25. The summed E-state index contributed by atoms with van der Waals surface area (Å²) in [6, 6.07) is 13.8. The number of benzene rings is 2. The second kappa shape index (κ2) is 8.78. The summed E-state index contributed by atoms with van der Waals surface area (Å²) in [5.41, 5.74) is 2.15. The summed E-state index contributed by atoms with van der Waals surface area (Å²) in [4.78, 5) is 26.5. The van der Waals surface area contributed by atoms with Crippen molar-refractivity contribution in [3.63, 3.8) is 0 Å². The molecule has 29 heavy (non-hydrogen) atoms. The summed E-state index contributed by atoms with van der Waals surface area (Å²) >= 11 is 0. The molecule has 154 valence electrons. The van der Waals surface area contributed by atoms with Gasteiger partial charge in [0.2, 0.25) is 11.8 Å². The van der Waals surface area contributed by atoms with E-state index in [9.17, 15) is 18.0 Å². The van der Waals surface area contributed by atoms with Gasteiger partial charge in [-0.2, -0.15) is 0 Å². The number of sulfone groups is 1. The van der Waals surface area contributed by atoms with Crippen molar-refractivity contribution in [3.8, 4) is 0 Å². The first-order valence-electron chi connectivity index (χ1n) is 9.85. The minimum atomic E-state index is -3.71. The van der Waals surface area contributed by atoms with Crippen LogP contribution in [0.1, 0.15) is 37.3 Å². The van der Waals surface area contributed by atoms with Gasteiger partial charge in [0.25, 0.3) is 0 Å². The van der Waals surface area contributed by atoms with Crippen LogP contribution in [0.2, 0.25) is 0 Å². The van der Waals surface area contributed by atoms with Crippen molar-refractivity contribution in [1.82, 2.24) is 4.90 Å². The maximum Gasteiger partial charge on any atom is 0.231 e. The first kappa shape index (κ1) is 21.0. The molecule has 1 N–H and O–H groups in total. The Morgan fingerprint density at radius 1 is 1.07 bits per heavy atom. The Labute approximate surface area is 171 Å². The SMILES string of the molecule is CCN(CC)C(=O)C(CS(=O)(=O)c1ccc2c(c1)CCC(=O)N2)c1ccccc1. The van der Waals surface area contributed by atoms with Gasteiger partial charge >= 0.3 is 0 Å². The second-order valence-electron chi connectivity index (χ2n) is 7.12. The largest absolute Gasteiger partial charge is 0.343 e. The first-order valence-corrected chi connectivity index (χ1v) is 11.5. The fraction of sp³-hybridized carbons (Fsp3) is 0.364. The summed E-state index contributed by atoms with van der Waals surface area (Å²) in [5.74, 6) is -1.31. The molecule has 3 rings (SSSR count). The predicted octanol–water partition coefficient (Wildman–Crippen LogP) is 3.00. The van der Waals surface area contributed by atoms with Gasteiger partial charge in [0, 0.05) is 25.2 Å². The van der Waals surface area contributed by atoms with Crippen molar-refractivity contribution in [2.75, 3.05) is 24.2 Å². The lowest BCUT2D eigenvalue weighted by atomic mass is 9.99. The Hall–Kier alpha value is -2.67. The van der Waals surface area contributed by atoms with Gasteiger partial charge in [-0.3, -0.25) is 9.59 Å². The molecule has 7 heteroatoms. The van der Waals surface area contributed by atoms with Crippen LogP contribution in [0.15, 0.2) is 53.4 Å². The standard InChI is InChI=1S/C22H26N2O4S/c1-3-24(4-2)22(26)19(16-8-6-5-7-9-16)15-29(27,28)18-11-12-20-17(14-18)10-13-21(25)23-20/h5-9,11-12,14,19H,3-4,10,13,15H2,1-2H3,(H,23,25). The number of rotatable bonds is 7. The van der Waals surface area contributed by atoms with Crippen molar-refractivity contribution in [2.45, 2.75) is 37.5 Å². The van der Waals surface area contributed by atoms with Crippen molar-refractivity contribution in [3.05, 3.63) is 59.7 Å². The number of anilines is 1. The lowest BCUT2D eigenvalue weighted by Crippen LogP contribution is -2.37. The molecule has 0 saturated carbocycles. The Morgan fingerprint density at radius 3 is 2.41 bits per heavy atom. The van der Waals surface area contributed by atoms with Crippen LogP contribution in [-0.4, -0.2) is 44.0 Å². The third-order valence-corrected chi connectivity index (χ3v) is 7.04. The van der Waals surface area contributed by atoms with E-state index in [1.54, 1.807) is 29.2 Å². The molecule has 0 fully saturated rings. The highest BCUT2D eigenvalue weighted by atomic mass is 32.2. The molecular weight excluding hydrogens is 388 g/mol. The maximum absolute atomic E-state index is 13.2. The highest BCUT2D eigenvalue weighted by molar-refractivity contribution is 7.91. The van der Waals surface area contributed by atoms with E-state index in [0.29, 0.717) is 37.2 Å². The van der Waals surface area contributed by atoms with Crippen molar-refractivity contribution >= 4 is 27.3 Å². The Balaban J connectivity index is 1.94. The molecule has 2 amide bonds. The third kappa shape index (κ3) is 4.67. The van der Waals surface area contributed by atoms with E-state index < -0.39 is 15.8 Å². The van der Waals surface area contributed by atoms with Crippen LogP contribution in [0.25, 0.3) is 0 Å². The summed E-state index contributed by atoms with van der Waals surface area (Å²) in [6.45, 7) is 4.82. The molecular formula is C22H26N2O4S. The number of carbonyl (C=O) groups is 2. The summed E-state index contributed by atoms with van der Waals surface area (Å²) in [5, 5.41) is 2.76. The van der Waals surface area contributed by atoms with Crippen LogP contribution in [0.3, 0.4) is 0 Å². The van der Waals surface area contributed by atoms with Gasteiger partial charge in [-0.15, -0.1) is 0 Å². The summed E-state index contributed by atoms with van der Waals surface area (Å²) < 4.78 is 26.4. The van der Waals surface area contributed by atoms with E-state index in [2.05, 4.69) is 5.32 Å². The fourth-order valence-electron chi connectivity index (χ4n) is 3.62. The average molecular weight is 415 g/mol. The molecule has 2 aromatic carbocycles. The van der Waals surface area contributed by atoms with Crippen LogP contribution in [-0.2, 0) is 25.8 Å². The second-order valence-corrected chi connectivity index (χ2v) is 9.16. The number of nitrogens with zero attached hydrogens (tertiary/aromatic N) is 1. The molecule has 1 aliphatic rings. The smallest absolute Gasteiger partial charge is 0.231 e. The zero-order valence-electron chi connectivity index (χ0n) is 16.7. The quantitative estimate of drug-likeness (QED) is 0.755. The van der Waals surface area contributed by atoms with Crippen LogP contribution < -0.4 is 5.32 Å². The Kier molecular flexibility index (Phi) is 6.37. The number of carbonyl (C=O) groups excluding carboxylic acids is 2. The van der Waals surface area contributed by atoms with Gasteiger partial charge in [0.15, 0.2) is 9.84 Å². The average Bonchev–Trinajstić information content (AvgIpc) is 2.73. The van der Waals surface area contributed by atoms with Crippen molar-refractivity contribution in [2.24, 2.45) is 0 Å². The topological polar surface area (TPSA) is 83.6 Å². The van der Waals surface area contributed by atoms with E-state index in [1.165, 1.54) is 6.07 Å². The van der Waals surface area contributed by atoms with Crippen LogP contribution >= 0.6 is 0 Å². The van der Waals surface area contributed by atoms with E-state index in [1.807, 2.05) is 32.0 Å². The number of hydrogen-bond donors (Lipinski definition) is 1. The van der Waals surface area contributed by atoms with E-state index in [-0.39, 0.29) is 22.5 Å². The number of amides is 2. The van der Waals surface area contributed by atoms with Crippen LogP contribution in [0.4, 0.5) is 5.69 Å². The number of fused-ring (bicyclic) bond motifs is 1. The summed E-state index contributed by atoms with van der Waals surface area (Å²) in [7, 11) is -3.71. The van der Waals surface area contributed by atoms with E-state index >= 15 is 0 Å². The molecule has 0 aliphatic carbocycles. The molecule has 0 spiro atoms. The minimum Gasteiger partial charge on any atom is -0.343 e. The number of aryl methyl sites for hydroxylation is 1. The van der Waals surface area contributed by atoms with Gasteiger partial charge in [0.1, 0.15) is 0 Å². The van der Waals surface area contributed by atoms with Crippen LogP contribution in [0.5, 0.6) is 0 Å². The molecule has 6 nitrogen and oxygen atoms in total. The van der Waals surface area contributed by atoms with Gasteiger partial charge < -0.3 is 10.2 Å². The number of hydrogen-bond acceptors (Lipinski definition) is 4. The lowest BCUT2D eigenvalue weighted by molar-refractivity contribution is -0.132. The molecule has 0 saturated heterocycles. The predicted molar refractivity (Wildman–Crippen MR) is 113 cm³/mol. The molecule has 1 unspecified atom stereocenters. The van der Waals surface area contributed by atoms with E-state index in [4.69, 9.17) is 0 Å². The fourth-order valence-corrected chi connectivity index (χ4v) is 5.18. The number of likely N-dealkylation sites (N-methyl/N-ethyl adjacent to an activating group) is 1.